The number of rotatable bonds is 4. The summed E-state index contributed by atoms with van der Waals surface area (Å²) in [4.78, 5) is 7.97. The second-order valence-electron chi connectivity index (χ2n) is 4.25. The molecule has 106 valence electrons. The van der Waals surface area contributed by atoms with Crippen LogP contribution in [-0.2, 0) is 6.18 Å². The molecule has 0 aliphatic heterocycles. The van der Waals surface area contributed by atoms with Crippen molar-refractivity contribution in [3.8, 4) is 11.3 Å². The Balaban J connectivity index is 2.42. The summed E-state index contributed by atoms with van der Waals surface area (Å²) in [6.07, 6.45) is -1.19. The normalized spacial score (nSPS) is 11.4. The van der Waals surface area contributed by atoms with E-state index in [0.29, 0.717) is 5.82 Å². The number of pyridine rings is 2. The Morgan fingerprint density at radius 1 is 1.20 bits per heavy atom. The summed E-state index contributed by atoms with van der Waals surface area (Å²) in [5, 5.41) is 3.05. The first kappa shape index (κ1) is 14.3. The zero-order valence-corrected chi connectivity index (χ0v) is 10.9. The van der Waals surface area contributed by atoms with Gasteiger partial charge < -0.3 is 5.32 Å². The average Bonchev–Trinajstić information content (AvgIpc) is 2.44. The van der Waals surface area contributed by atoms with Crippen LogP contribution < -0.4 is 5.32 Å². The molecule has 0 unspecified atom stereocenters. The van der Waals surface area contributed by atoms with E-state index < -0.39 is 11.7 Å². The molecule has 2 rings (SSSR count). The molecule has 0 fully saturated rings. The van der Waals surface area contributed by atoms with Crippen molar-refractivity contribution in [3.05, 3.63) is 42.2 Å². The lowest BCUT2D eigenvalue weighted by molar-refractivity contribution is -0.137. The molecule has 0 radical (unpaired) electrons. The number of halogens is 3. The van der Waals surface area contributed by atoms with Crippen molar-refractivity contribution >= 4 is 5.82 Å². The van der Waals surface area contributed by atoms with Gasteiger partial charge in [-0.1, -0.05) is 13.0 Å². The number of hydrogen-bond donors (Lipinski definition) is 1. The van der Waals surface area contributed by atoms with Gasteiger partial charge in [0.1, 0.15) is 5.82 Å². The fourth-order valence-electron chi connectivity index (χ4n) is 1.78. The maximum atomic E-state index is 13.0. The number of nitrogens with zero attached hydrogens (tertiary/aromatic N) is 2. The Labute approximate surface area is 114 Å². The van der Waals surface area contributed by atoms with Gasteiger partial charge in [0, 0.05) is 24.5 Å². The van der Waals surface area contributed by atoms with Crippen LogP contribution in [0.1, 0.15) is 18.9 Å². The van der Waals surface area contributed by atoms with Gasteiger partial charge in [-0.25, -0.2) is 4.98 Å². The molecule has 0 aliphatic rings. The van der Waals surface area contributed by atoms with Crippen LogP contribution in [0.2, 0.25) is 0 Å². The minimum atomic E-state index is -4.42. The van der Waals surface area contributed by atoms with Gasteiger partial charge in [-0.05, 0) is 24.6 Å². The summed E-state index contributed by atoms with van der Waals surface area (Å²) in [6.45, 7) is 2.72. The van der Waals surface area contributed by atoms with Crippen molar-refractivity contribution in [2.24, 2.45) is 0 Å². The fraction of sp³-hybridized carbons (Fsp3) is 0.286. The largest absolute Gasteiger partial charge is 0.417 e. The number of aromatic nitrogens is 2. The molecule has 0 atom stereocenters. The van der Waals surface area contributed by atoms with Gasteiger partial charge in [0.15, 0.2) is 0 Å². The van der Waals surface area contributed by atoms with E-state index in [1.165, 1.54) is 6.20 Å². The van der Waals surface area contributed by atoms with Gasteiger partial charge in [-0.2, -0.15) is 13.2 Å². The van der Waals surface area contributed by atoms with Crippen molar-refractivity contribution < 1.29 is 13.2 Å². The number of hydrogen-bond acceptors (Lipinski definition) is 3. The maximum absolute atomic E-state index is 13.0. The van der Waals surface area contributed by atoms with Gasteiger partial charge in [-0.15, -0.1) is 0 Å². The predicted molar refractivity (Wildman–Crippen MR) is 71.3 cm³/mol. The molecular formula is C14H14F3N3. The van der Waals surface area contributed by atoms with Crippen molar-refractivity contribution in [1.29, 1.82) is 0 Å². The third-order valence-corrected chi connectivity index (χ3v) is 2.71. The molecule has 0 saturated carbocycles. The summed E-state index contributed by atoms with van der Waals surface area (Å²) in [5.41, 5.74) is -0.487. The predicted octanol–water partition coefficient (Wildman–Crippen LogP) is 3.98. The standard InChI is InChI=1S/C14H14F3N3/c1-2-7-19-13-5-3-4-12(20-13)10-9-18-8-6-11(10)14(15,16)17/h3-6,8-9H,2,7H2,1H3,(H,19,20). The van der Waals surface area contributed by atoms with Crippen LogP contribution in [0.5, 0.6) is 0 Å². The summed E-state index contributed by atoms with van der Waals surface area (Å²) in [5.74, 6) is 0.557. The monoisotopic (exact) mass is 281 g/mol. The van der Waals surface area contributed by atoms with E-state index in [2.05, 4.69) is 15.3 Å². The number of nitrogens with one attached hydrogen (secondary N) is 1. The number of alkyl halides is 3. The van der Waals surface area contributed by atoms with E-state index in [0.717, 1.165) is 25.2 Å². The molecule has 1 N–H and O–H groups in total. The lowest BCUT2D eigenvalue weighted by atomic mass is 10.1. The first-order valence-corrected chi connectivity index (χ1v) is 6.25. The minimum Gasteiger partial charge on any atom is -0.370 e. The van der Waals surface area contributed by atoms with E-state index in [1.54, 1.807) is 18.2 Å². The molecule has 2 aromatic rings. The maximum Gasteiger partial charge on any atom is 0.417 e. The highest BCUT2D eigenvalue weighted by Gasteiger charge is 2.33. The zero-order chi connectivity index (χ0) is 14.6. The van der Waals surface area contributed by atoms with Crippen molar-refractivity contribution in [2.45, 2.75) is 19.5 Å². The lowest BCUT2D eigenvalue weighted by Crippen LogP contribution is -2.08. The quantitative estimate of drug-likeness (QED) is 0.921. The smallest absolute Gasteiger partial charge is 0.370 e. The van der Waals surface area contributed by atoms with Gasteiger partial charge in [0.05, 0.1) is 11.3 Å². The van der Waals surface area contributed by atoms with Gasteiger partial charge >= 0.3 is 6.18 Å². The Kier molecular flexibility index (Phi) is 4.22. The topological polar surface area (TPSA) is 37.8 Å². The zero-order valence-electron chi connectivity index (χ0n) is 10.9. The summed E-state index contributed by atoms with van der Waals surface area (Å²) >= 11 is 0. The SMILES string of the molecule is CCCNc1cccc(-c2cnccc2C(F)(F)F)n1. The van der Waals surface area contributed by atoms with E-state index in [9.17, 15) is 13.2 Å². The van der Waals surface area contributed by atoms with Crippen LogP contribution in [0.25, 0.3) is 11.3 Å². The fourth-order valence-corrected chi connectivity index (χ4v) is 1.78. The highest BCUT2D eigenvalue weighted by atomic mass is 19.4. The molecule has 3 nitrogen and oxygen atoms in total. The highest BCUT2D eigenvalue weighted by Crippen LogP contribution is 2.35. The molecule has 0 amide bonds. The third kappa shape index (κ3) is 3.26. The van der Waals surface area contributed by atoms with Crippen LogP contribution >= 0.6 is 0 Å². The summed E-state index contributed by atoms with van der Waals surface area (Å²) in [6, 6.07) is 5.91. The molecule has 2 aromatic heterocycles. The van der Waals surface area contributed by atoms with E-state index in [-0.39, 0.29) is 11.3 Å². The van der Waals surface area contributed by atoms with E-state index in [1.807, 2.05) is 6.92 Å². The Hall–Kier alpha value is -2.11. The van der Waals surface area contributed by atoms with Crippen LogP contribution in [0, 0.1) is 0 Å². The Bertz CT molecular complexity index is 582. The third-order valence-electron chi connectivity index (χ3n) is 2.71. The van der Waals surface area contributed by atoms with Crippen LogP contribution in [0.4, 0.5) is 19.0 Å². The van der Waals surface area contributed by atoms with Crippen molar-refractivity contribution in [2.75, 3.05) is 11.9 Å². The average molecular weight is 281 g/mol. The molecular weight excluding hydrogens is 267 g/mol. The molecule has 0 aromatic carbocycles. The minimum absolute atomic E-state index is 0.0138. The Morgan fingerprint density at radius 3 is 2.70 bits per heavy atom. The van der Waals surface area contributed by atoms with Gasteiger partial charge in [-0.3, -0.25) is 4.98 Å². The van der Waals surface area contributed by atoms with Crippen molar-refractivity contribution in [1.82, 2.24) is 9.97 Å². The van der Waals surface area contributed by atoms with Gasteiger partial charge in [0.2, 0.25) is 0 Å². The highest BCUT2D eigenvalue weighted by molar-refractivity contribution is 5.64. The second-order valence-corrected chi connectivity index (χ2v) is 4.25. The summed E-state index contributed by atoms with van der Waals surface area (Å²) < 4.78 is 38.9. The van der Waals surface area contributed by atoms with Crippen LogP contribution in [-0.4, -0.2) is 16.5 Å². The molecule has 2 heterocycles. The summed E-state index contributed by atoms with van der Waals surface area (Å²) in [7, 11) is 0. The first-order valence-electron chi connectivity index (χ1n) is 6.25. The van der Waals surface area contributed by atoms with E-state index >= 15 is 0 Å². The molecule has 20 heavy (non-hydrogen) atoms. The number of anilines is 1. The second kappa shape index (κ2) is 5.90. The molecule has 0 spiro atoms. The molecule has 0 bridgehead atoms. The van der Waals surface area contributed by atoms with Crippen LogP contribution in [0.15, 0.2) is 36.7 Å². The molecule has 6 heteroatoms. The molecule has 0 saturated heterocycles. The Morgan fingerprint density at radius 2 is 2.00 bits per heavy atom. The van der Waals surface area contributed by atoms with Gasteiger partial charge in [0.25, 0.3) is 0 Å². The molecule has 0 aliphatic carbocycles. The lowest BCUT2D eigenvalue weighted by Gasteiger charge is -2.12. The van der Waals surface area contributed by atoms with E-state index in [4.69, 9.17) is 0 Å². The van der Waals surface area contributed by atoms with Crippen LogP contribution in [0.3, 0.4) is 0 Å². The first-order chi connectivity index (χ1) is 9.52. The van der Waals surface area contributed by atoms with Crippen molar-refractivity contribution in [3.63, 3.8) is 0 Å².